The van der Waals surface area contributed by atoms with E-state index in [0.717, 1.165) is 19.2 Å². The number of hydrogen-bond donors (Lipinski definition) is 1. The zero-order valence-electron chi connectivity index (χ0n) is 11.5. The van der Waals surface area contributed by atoms with Crippen LogP contribution in [-0.2, 0) is 11.3 Å². The molecule has 0 unspecified atom stereocenters. The topological polar surface area (TPSA) is 34.0 Å². The van der Waals surface area contributed by atoms with Crippen molar-refractivity contribution in [2.45, 2.75) is 13.5 Å². The minimum atomic E-state index is -0.562. The van der Waals surface area contributed by atoms with Crippen molar-refractivity contribution in [2.24, 2.45) is 0 Å². The lowest BCUT2D eigenvalue weighted by Gasteiger charge is -2.31. The molecular weight excluding hydrogens is 266 g/mol. The monoisotopic (exact) mass is 285 g/mol. The number of amides is 1. The van der Waals surface area contributed by atoms with Crippen LogP contribution in [0.4, 0.5) is 13.6 Å². The Kier molecular flexibility index (Phi) is 4.89. The second-order valence-corrected chi connectivity index (χ2v) is 4.85. The molecule has 1 saturated heterocycles. The lowest BCUT2D eigenvalue weighted by molar-refractivity contribution is -0.917. The van der Waals surface area contributed by atoms with Gasteiger partial charge < -0.3 is 9.64 Å². The molecule has 1 aromatic rings. The molecule has 1 aliphatic rings. The molecule has 1 heterocycles. The molecule has 1 aromatic carbocycles. The number of quaternary nitrogens is 1. The molecule has 1 fully saturated rings. The average Bonchev–Trinajstić information content (AvgIpc) is 2.43. The number of nitrogens with zero attached hydrogens (tertiary/aromatic N) is 1. The normalized spacial score (nSPS) is 16.2. The Morgan fingerprint density at radius 3 is 2.65 bits per heavy atom. The number of ether oxygens (including phenoxy) is 1. The average molecular weight is 285 g/mol. The van der Waals surface area contributed by atoms with Crippen LogP contribution in [-0.4, -0.2) is 43.8 Å². The Balaban J connectivity index is 1.86. The van der Waals surface area contributed by atoms with E-state index in [0.29, 0.717) is 31.8 Å². The van der Waals surface area contributed by atoms with Gasteiger partial charge in [0.05, 0.1) is 32.8 Å². The molecule has 0 radical (unpaired) electrons. The molecule has 0 saturated carbocycles. The highest BCUT2D eigenvalue weighted by Gasteiger charge is 2.25. The van der Waals surface area contributed by atoms with E-state index in [-0.39, 0.29) is 6.09 Å². The van der Waals surface area contributed by atoms with Crippen LogP contribution in [0.25, 0.3) is 0 Å². The summed E-state index contributed by atoms with van der Waals surface area (Å²) in [6.07, 6.45) is -0.292. The van der Waals surface area contributed by atoms with Gasteiger partial charge in [-0.25, -0.2) is 13.6 Å². The quantitative estimate of drug-likeness (QED) is 0.892. The summed E-state index contributed by atoms with van der Waals surface area (Å²) in [4.78, 5) is 14.4. The van der Waals surface area contributed by atoms with Crippen molar-refractivity contribution in [3.05, 3.63) is 35.4 Å². The van der Waals surface area contributed by atoms with Crippen LogP contribution in [0.1, 0.15) is 12.5 Å². The van der Waals surface area contributed by atoms with Crippen LogP contribution < -0.4 is 4.90 Å². The van der Waals surface area contributed by atoms with E-state index < -0.39 is 11.6 Å². The Labute approximate surface area is 116 Å². The van der Waals surface area contributed by atoms with E-state index in [1.54, 1.807) is 11.8 Å². The van der Waals surface area contributed by atoms with E-state index in [1.807, 2.05) is 0 Å². The number of benzene rings is 1. The first kappa shape index (κ1) is 14.7. The molecule has 0 spiro atoms. The van der Waals surface area contributed by atoms with E-state index in [2.05, 4.69) is 0 Å². The van der Waals surface area contributed by atoms with Gasteiger partial charge in [0.25, 0.3) is 0 Å². The smallest absolute Gasteiger partial charge is 0.410 e. The molecule has 0 atom stereocenters. The number of carbonyl (C=O) groups excluding carboxylic acids is 1. The van der Waals surface area contributed by atoms with E-state index >= 15 is 0 Å². The fourth-order valence-corrected chi connectivity index (χ4v) is 2.33. The third kappa shape index (κ3) is 3.66. The lowest BCUT2D eigenvalue weighted by atomic mass is 10.2. The molecule has 1 amide bonds. The van der Waals surface area contributed by atoms with Gasteiger partial charge in [0.1, 0.15) is 18.2 Å². The summed E-state index contributed by atoms with van der Waals surface area (Å²) in [7, 11) is 0. The van der Waals surface area contributed by atoms with Crippen molar-refractivity contribution in [1.82, 2.24) is 4.90 Å². The molecule has 0 bridgehead atoms. The summed E-state index contributed by atoms with van der Waals surface area (Å²) < 4.78 is 31.3. The molecule has 4 nitrogen and oxygen atoms in total. The highest BCUT2D eigenvalue weighted by Crippen LogP contribution is 2.08. The van der Waals surface area contributed by atoms with Gasteiger partial charge in [0, 0.05) is 11.6 Å². The molecular formula is C14H19F2N2O2+. The summed E-state index contributed by atoms with van der Waals surface area (Å²) >= 11 is 0. The predicted octanol–water partition coefficient (Wildman–Crippen LogP) is 0.822. The van der Waals surface area contributed by atoms with Crippen molar-refractivity contribution in [2.75, 3.05) is 32.8 Å². The van der Waals surface area contributed by atoms with Gasteiger partial charge in [-0.2, -0.15) is 0 Å². The van der Waals surface area contributed by atoms with Crippen molar-refractivity contribution >= 4 is 6.09 Å². The first-order valence-electron chi connectivity index (χ1n) is 6.79. The van der Waals surface area contributed by atoms with Crippen molar-refractivity contribution in [1.29, 1.82) is 0 Å². The zero-order valence-corrected chi connectivity index (χ0v) is 11.5. The summed E-state index contributed by atoms with van der Waals surface area (Å²) in [6.45, 7) is 5.30. The van der Waals surface area contributed by atoms with Gasteiger partial charge in [-0.15, -0.1) is 0 Å². The molecule has 20 heavy (non-hydrogen) atoms. The van der Waals surface area contributed by atoms with Crippen LogP contribution in [0.5, 0.6) is 0 Å². The minimum absolute atomic E-state index is 0.292. The van der Waals surface area contributed by atoms with Gasteiger partial charge in [-0.05, 0) is 19.1 Å². The summed E-state index contributed by atoms with van der Waals surface area (Å²) in [5.41, 5.74) is 0.506. The summed E-state index contributed by atoms with van der Waals surface area (Å²) in [5, 5.41) is 0. The maximum absolute atomic E-state index is 13.6. The highest BCUT2D eigenvalue weighted by molar-refractivity contribution is 5.67. The number of rotatable bonds is 3. The Morgan fingerprint density at radius 2 is 2.05 bits per heavy atom. The SMILES string of the molecule is CCOC(=O)N1CC[NH+](Cc2ccc(F)cc2F)CC1. The van der Waals surface area contributed by atoms with Crippen LogP contribution in [0, 0.1) is 11.6 Å². The van der Waals surface area contributed by atoms with E-state index in [4.69, 9.17) is 4.74 Å². The third-order valence-electron chi connectivity index (χ3n) is 3.45. The number of piperazine rings is 1. The summed E-state index contributed by atoms with van der Waals surface area (Å²) in [5.74, 6) is -1.07. The number of carbonyl (C=O) groups is 1. The molecule has 6 heteroatoms. The van der Waals surface area contributed by atoms with Crippen LogP contribution in [0.2, 0.25) is 0 Å². The second-order valence-electron chi connectivity index (χ2n) is 4.85. The predicted molar refractivity (Wildman–Crippen MR) is 69.4 cm³/mol. The molecule has 1 N–H and O–H groups in total. The van der Waals surface area contributed by atoms with Gasteiger partial charge >= 0.3 is 6.09 Å². The Bertz CT molecular complexity index is 474. The second kappa shape index (κ2) is 6.65. The zero-order chi connectivity index (χ0) is 14.5. The molecule has 0 aliphatic carbocycles. The standard InChI is InChI=1S/C14H18F2N2O2/c1-2-20-14(19)18-7-5-17(6-8-18)10-11-3-4-12(15)9-13(11)16/h3-4,9H,2,5-8,10H2,1H3/p+1. The molecule has 110 valence electrons. The van der Waals surface area contributed by atoms with Gasteiger partial charge in [0.2, 0.25) is 0 Å². The molecule has 1 aliphatic heterocycles. The maximum atomic E-state index is 13.6. The maximum Gasteiger partial charge on any atom is 0.410 e. The Morgan fingerprint density at radius 1 is 1.35 bits per heavy atom. The number of nitrogens with one attached hydrogen (secondary N) is 1. The van der Waals surface area contributed by atoms with Gasteiger partial charge in [0.15, 0.2) is 0 Å². The van der Waals surface area contributed by atoms with Crippen molar-refractivity contribution in [3.63, 3.8) is 0 Å². The van der Waals surface area contributed by atoms with Crippen LogP contribution >= 0.6 is 0 Å². The minimum Gasteiger partial charge on any atom is -0.450 e. The fourth-order valence-electron chi connectivity index (χ4n) is 2.33. The first-order valence-corrected chi connectivity index (χ1v) is 6.79. The molecule has 2 rings (SSSR count). The number of hydrogen-bond acceptors (Lipinski definition) is 2. The highest BCUT2D eigenvalue weighted by atomic mass is 19.1. The Hall–Kier alpha value is -1.69. The number of halogens is 2. The summed E-state index contributed by atoms with van der Waals surface area (Å²) in [6, 6.07) is 3.66. The third-order valence-corrected chi connectivity index (χ3v) is 3.45. The van der Waals surface area contributed by atoms with Crippen LogP contribution in [0.15, 0.2) is 18.2 Å². The van der Waals surface area contributed by atoms with Crippen molar-refractivity contribution < 1.29 is 23.2 Å². The van der Waals surface area contributed by atoms with E-state index in [9.17, 15) is 13.6 Å². The van der Waals surface area contributed by atoms with Crippen molar-refractivity contribution in [3.8, 4) is 0 Å². The largest absolute Gasteiger partial charge is 0.450 e. The first-order chi connectivity index (χ1) is 9.60. The lowest BCUT2D eigenvalue weighted by Crippen LogP contribution is -3.13. The van der Waals surface area contributed by atoms with Gasteiger partial charge in [-0.3, -0.25) is 4.90 Å². The van der Waals surface area contributed by atoms with E-state index in [1.165, 1.54) is 17.0 Å². The van der Waals surface area contributed by atoms with Gasteiger partial charge in [-0.1, -0.05) is 0 Å². The van der Waals surface area contributed by atoms with Crippen LogP contribution in [0.3, 0.4) is 0 Å². The fraction of sp³-hybridized carbons (Fsp3) is 0.500. The molecule has 0 aromatic heterocycles.